The van der Waals surface area contributed by atoms with Crippen LogP contribution < -0.4 is 11.3 Å². The van der Waals surface area contributed by atoms with E-state index in [1.807, 2.05) is 0 Å². The summed E-state index contributed by atoms with van der Waals surface area (Å²) in [7, 11) is 0. The zero-order chi connectivity index (χ0) is 16.8. The van der Waals surface area contributed by atoms with Gasteiger partial charge in [-0.15, -0.1) is 0 Å². The van der Waals surface area contributed by atoms with Crippen LogP contribution in [0.25, 0.3) is 11.2 Å². The van der Waals surface area contributed by atoms with Crippen molar-refractivity contribution in [1.29, 1.82) is 0 Å². The summed E-state index contributed by atoms with van der Waals surface area (Å²) in [5.74, 6) is -0.685. The van der Waals surface area contributed by atoms with Gasteiger partial charge < -0.3 is 10.8 Å². The Kier molecular flexibility index (Phi) is 3.98. The molecule has 2 aromatic rings. The quantitative estimate of drug-likeness (QED) is 0.824. The van der Waals surface area contributed by atoms with Crippen LogP contribution in [0, 0.1) is 13.8 Å². The second-order valence-corrected chi connectivity index (χ2v) is 5.54. The van der Waals surface area contributed by atoms with Crippen molar-refractivity contribution in [3.05, 3.63) is 44.1 Å². The molecule has 0 aliphatic carbocycles. The Balaban J connectivity index is 3.03. The number of hydrogen-bond donors (Lipinski definition) is 2. The van der Waals surface area contributed by atoms with E-state index in [9.17, 15) is 14.7 Å². The van der Waals surface area contributed by atoms with Crippen LogP contribution in [0.5, 0.6) is 5.75 Å². The number of aromatic hydroxyl groups is 1. The van der Waals surface area contributed by atoms with Crippen LogP contribution in [0.1, 0.15) is 30.7 Å². The number of halogens is 1. The number of carbonyl (C=O) groups is 1. The van der Waals surface area contributed by atoms with Crippen LogP contribution in [-0.2, 0) is 4.79 Å². The molecule has 0 saturated carbocycles. The van der Waals surface area contributed by atoms with Gasteiger partial charge in [0.25, 0.3) is 5.56 Å². The predicted octanol–water partition coefficient (Wildman–Crippen LogP) is 1.95. The van der Waals surface area contributed by atoms with Crippen LogP contribution in [0.4, 0.5) is 0 Å². The molecule has 3 N–H and O–H groups in total. The van der Waals surface area contributed by atoms with Crippen molar-refractivity contribution in [2.45, 2.75) is 27.7 Å². The molecule has 0 saturated heterocycles. The molecule has 0 amide bonds. The Morgan fingerprint density at radius 3 is 2.45 bits per heavy atom. The zero-order valence-electron chi connectivity index (χ0n) is 12.7. The van der Waals surface area contributed by atoms with E-state index in [2.05, 4.69) is 4.98 Å². The number of nitrogens with zero attached hydrogens (tertiary/aromatic N) is 2. The number of nitrogens with two attached hydrogens (primary N) is 1. The Morgan fingerprint density at radius 2 is 1.95 bits per heavy atom. The highest BCUT2D eigenvalue weighted by Gasteiger charge is 2.22. The molecule has 0 aliphatic rings. The van der Waals surface area contributed by atoms with E-state index in [-0.39, 0.29) is 44.6 Å². The van der Waals surface area contributed by atoms with Crippen molar-refractivity contribution in [3.63, 3.8) is 0 Å². The van der Waals surface area contributed by atoms with Gasteiger partial charge in [0.1, 0.15) is 0 Å². The minimum Gasteiger partial charge on any atom is -0.504 e. The Labute approximate surface area is 131 Å². The first-order chi connectivity index (χ1) is 10.2. The summed E-state index contributed by atoms with van der Waals surface area (Å²) in [6.07, 6.45) is 1.33. The van der Waals surface area contributed by atoms with Gasteiger partial charge in [0.15, 0.2) is 17.2 Å². The van der Waals surface area contributed by atoms with Gasteiger partial charge in [-0.3, -0.25) is 14.0 Å². The number of carbonyl (C=O) groups excluding carboxylic acids is 1. The third-order valence-electron chi connectivity index (χ3n) is 3.51. The van der Waals surface area contributed by atoms with E-state index in [1.165, 1.54) is 20.0 Å². The van der Waals surface area contributed by atoms with Crippen LogP contribution in [-0.4, -0.2) is 20.3 Å². The van der Waals surface area contributed by atoms with E-state index < -0.39 is 0 Å². The molecule has 7 heteroatoms. The Bertz CT molecular complexity index is 893. The van der Waals surface area contributed by atoms with Crippen molar-refractivity contribution < 1.29 is 9.90 Å². The fourth-order valence-corrected chi connectivity index (χ4v) is 2.59. The second-order valence-electron chi connectivity index (χ2n) is 5.14. The summed E-state index contributed by atoms with van der Waals surface area (Å²) in [6, 6.07) is 0. The van der Waals surface area contributed by atoms with Gasteiger partial charge in [0.2, 0.25) is 0 Å². The molecule has 0 aliphatic heterocycles. The summed E-state index contributed by atoms with van der Waals surface area (Å²) in [5.41, 5.74) is 6.81. The van der Waals surface area contributed by atoms with Crippen LogP contribution in [0.3, 0.4) is 0 Å². The summed E-state index contributed by atoms with van der Waals surface area (Å²) in [5, 5.41) is 10.5. The third-order valence-corrected chi connectivity index (χ3v) is 3.80. The monoisotopic (exact) mass is 321 g/mol. The normalized spacial score (nSPS) is 12.4. The molecule has 2 aromatic heterocycles. The highest BCUT2D eigenvalue weighted by atomic mass is 35.5. The molecule has 6 nitrogen and oxygen atoms in total. The van der Waals surface area contributed by atoms with Gasteiger partial charge in [0.05, 0.1) is 10.6 Å². The number of allylic oxidation sites excluding steroid dienone is 2. The van der Waals surface area contributed by atoms with Crippen molar-refractivity contribution in [1.82, 2.24) is 9.38 Å². The van der Waals surface area contributed by atoms with Crippen molar-refractivity contribution >= 4 is 28.6 Å². The third kappa shape index (κ3) is 2.35. The highest BCUT2D eigenvalue weighted by molar-refractivity contribution is 6.35. The van der Waals surface area contributed by atoms with Crippen LogP contribution in [0.2, 0.25) is 5.02 Å². The molecule has 0 radical (unpaired) electrons. The first kappa shape index (κ1) is 16.0. The lowest BCUT2D eigenvalue weighted by atomic mass is 10.0. The zero-order valence-corrected chi connectivity index (χ0v) is 13.4. The maximum Gasteiger partial charge on any atom is 0.261 e. The van der Waals surface area contributed by atoms with Crippen molar-refractivity contribution in [2.24, 2.45) is 5.73 Å². The lowest BCUT2D eigenvalue weighted by Gasteiger charge is -2.14. The largest absolute Gasteiger partial charge is 0.504 e. The minimum atomic E-state index is -0.345. The Morgan fingerprint density at radius 1 is 1.36 bits per heavy atom. The smallest absolute Gasteiger partial charge is 0.261 e. The molecule has 22 heavy (non-hydrogen) atoms. The molecule has 2 heterocycles. The number of aryl methyl sites for hydroxylation is 1. The number of hydrogen-bond acceptors (Lipinski definition) is 5. The molecular weight excluding hydrogens is 306 g/mol. The molecule has 0 fully saturated rings. The molecule has 0 spiro atoms. The SMILES string of the molecule is CC(=O)C(=C(C)N)c1c(Cl)cn2c(=O)c(C)c(C)nc2c1O. The highest BCUT2D eigenvalue weighted by Crippen LogP contribution is 2.35. The minimum absolute atomic E-state index is 0.0347. The van der Waals surface area contributed by atoms with Gasteiger partial charge in [-0.05, 0) is 27.7 Å². The molecule has 0 bridgehead atoms. The summed E-state index contributed by atoms with van der Waals surface area (Å²) < 4.78 is 1.16. The lowest BCUT2D eigenvalue weighted by Crippen LogP contribution is -2.20. The van der Waals surface area contributed by atoms with E-state index in [1.54, 1.807) is 13.8 Å². The van der Waals surface area contributed by atoms with Crippen LogP contribution in [0.15, 0.2) is 16.7 Å². The number of Topliss-reactive ketones (excluding diaryl/α,β-unsaturated/α-hetero) is 1. The number of fused-ring (bicyclic) bond motifs is 1. The first-order valence-corrected chi connectivity index (χ1v) is 6.93. The lowest BCUT2D eigenvalue weighted by molar-refractivity contribution is -0.111. The molecule has 0 aromatic carbocycles. The molecule has 0 unspecified atom stereocenters. The average molecular weight is 322 g/mol. The van der Waals surface area contributed by atoms with Gasteiger partial charge in [-0.25, -0.2) is 4.98 Å². The summed E-state index contributed by atoms with van der Waals surface area (Å²) in [4.78, 5) is 28.3. The van der Waals surface area contributed by atoms with E-state index in [0.717, 1.165) is 4.40 Å². The van der Waals surface area contributed by atoms with Crippen molar-refractivity contribution in [2.75, 3.05) is 0 Å². The molecular formula is C15H16ClN3O3. The number of rotatable bonds is 2. The number of aromatic nitrogens is 2. The molecule has 2 rings (SSSR count). The standard InChI is InChI=1S/C15H16ClN3O3/c1-6-8(3)18-14-13(21)12(11(7(2)17)9(4)20)10(16)5-19(14)15(6)22/h5,21H,17H2,1-4H3. The predicted molar refractivity (Wildman–Crippen MR) is 85.1 cm³/mol. The van der Waals surface area contributed by atoms with Crippen LogP contribution >= 0.6 is 11.6 Å². The number of pyridine rings is 1. The Hall–Kier alpha value is -2.34. The fourth-order valence-electron chi connectivity index (χ4n) is 2.31. The molecule has 0 atom stereocenters. The fraction of sp³-hybridized carbons (Fsp3) is 0.267. The van der Waals surface area contributed by atoms with Gasteiger partial charge in [-0.2, -0.15) is 0 Å². The first-order valence-electron chi connectivity index (χ1n) is 6.55. The van der Waals surface area contributed by atoms with E-state index in [4.69, 9.17) is 17.3 Å². The average Bonchev–Trinajstić information content (AvgIpc) is 2.41. The maximum atomic E-state index is 12.3. The topological polar surface area (TPSA) is 97.7 Å². The second kappa shape index (κ2) is 5.46. The molecule has 116 valence electrons. The van der Waals surface area contributed by atoms with Gasteiger partial charge in [-0.1, -0.05) is 11.6 Å². The summed E-state index contributed by atoms with van der Waals surface area (Å²) >= 11 is 6.17. The van der Waals surface area contributed by atoms with Gasteiger partial charge >= 0.3 is 0 Å². The summed E-state index contributed by atoms with van der Waals surface area (Å²) in [6.45, 7) is 6.17. The van der Waals surface area contributed by atoms with Crippen molar-refractivity contribution in [3.8, 4) is 5.75 Å². The van der Waals surface area contributed by atoms with Gasteiger partial charge in [0, 0.05) is 28.7 Å². The van der Waals surface area contributed by atoms with E-state index >= 15 is 0 Å². The number of ketones is 1. The van der Waals surface area contributed by atoms with E-state index in [0.29, 0.717) is 11.3 Å². The maximum absolute atomic E-state index is 12.3.